The van der Waals surface area contributed by atoms with Gasteiger partial charge in [0.25, 0.3) is 0 Å². The first kappa shape index (κ1) is 12.7. The Morgan fingerprint density at radius 1 is 0.875 bits per heavy atom. The Balaban J connectivity index is 0.00000128. The van der Waals surface area contributed by atoms with E-state index in [-0.39, 0.29) is 12.4 Å². The standard InChI is InChI=1S/C13H14N2.ClH/c14-15-10-12-8-4-5-9-13(12)11-6-2-1-3-7-11;/h1-9,15H,10,14H2;1H. The lowest BCUT2D eigenvalue weighted by atomic mass is 10.00. The van der Waals surface area contributed by atoms with Crippen LogP contribution in [-0.2, 0) is 6.54 Å². The van der Waals surface area contributed by atoms with Gasteiger partial charge in [-0.15, -0.1) is 12.4 Å². The molecule has 0 aliphatic heterocycles. The largest absolute Gasteiger partial charge is 0.271 e. The second kappa shape index (κ2) is 6.28. The van der Waals surface area contributed by atoms with Crippen LogP contribution in [0.5, 0.6) is 0 Å². The van der Waals surface area contributed by atoms with Crippen molar-refractivity contribution in [2.45, 2.75) is 6.54 Å². The number of nitrogens with one attached hydrogen (secondary N) is 1. The minimum absolute atomic E-state index is 0. The van der Waals surface area contributed by atoms with Crippen molar-refractivity contribution >= 4 is 12.4 Å². The maximum atomic E-state index is 5.36. The molecule has 2 rings (SSSR count). The van der Waals surface area contributed by atoms with E-state index >= 15 is 0 Å². The van der Waals surface area contributed by atoms with Crippen LogP contribution in [0.15, 0.2) is 54.6 Å². The highest BCUT2D eigenvalue weighted by Gasteiger charge is 2.02. The zero-order valence-electron chi connectivity index (χ0n) is 8.89. The van der Waals surface area contributed by atoms with E-state index < -0.39 is 0 Å². The predicted molar refractivity (Wildman–Crippen MR) is 70.2 cm³/mol. The molecule has 2 nitrogen and oxygen atoms in total. The molecule has 0 bridgehead atoms. The van der Waals surface area contributed by atoms with Gasteiger partial charge in [-0.1, -0.05) is 54.6 Å². The number of hydrogen-bond acceptors (Lipinski definition) is 2. The topological polar surface area (TPSA) is 38.0 Å². The molecule has 3 heteroatoms. The number of halogens is 1. The second-order valence-electron chi connectivity index (χ2n) is 3.40. The van der Waals surface area contributed by atoms with Gasteiger partial charge in [-0.2, -0.15) is 0 Å². The van der Waals surface area contributed by atoms with E-state index in [9.17, 15) is 0 Å². The Kier molecular flexibility index (Phi) is 4.99. The number of rotatable bonds is 3. The zero-order chi connectivity index (χ0) is 10.5. The first-order valence-corrected chi connectivity index (χ1v) is 4.98. The molecular formula is C13H15ClN2. The predicted octanol–water partition coefficient (Wildman–Crippen LogP) is 2.74. The Bertz CT molecular complexity index is 429. The third-order valence-corrected chi connectivity index (χ3v) is 2.39. The first-order valence-electron chi connectivity index (χ1n) is 4.98. The second-order valence-corrected chi connectivity index (χ2v) is 3.40. The van der Waals surface area contributed by atoms with Gasteiger partial charge in [-0.05, 0) is 16.7 Å². The summed E-state index contributed by atoms with van der Waals surface area (Å²) in [5.41, 5.74) is 6.37. The van der Waals surface area contributed by atoms with Crippen LogP contribution in [0.3, 0.4) is 0 Å². The Morgan fingerprint density at radius 3 is 2.19 bits per heavy atom. The lowest BCUT2D eigenvalue weighted by molar-refractivity contribution is 0.742. The zero-order valence-corrected chi connectivity index (χ0v) is 9.71. The van der Waals surface area contributed by atoms with E-state index in [4.69, 9.17) is 5.84 Å². The molecule has 2 aromatic carbocycles. The number of hydrazine groups is 1. The average Bonchev–Trinajstić information content (AvgIpc) is 2.31. The molecule has 0 unspecified atom stereocenters. The molecule has 0 atom stereocenters. The van der Waals surface area contributed by atoms with Crippen LogP contribution in [0.1, 0.15) is 5.56 Å². The Hall–Kier alpha value is -1.35. The normalized spacial score (nSPS) is 9.56. The van der Waals surface area contributed by atoms with Crippen molar-refractivity contribution in [1.82, 2.24) is 5.43 Å². The van der Waals surface area contributed by atoms with Crippen LogP contribution in [0, 0.1) is 0 Å². The van der Waals surface area contributed by atoms with Gasteiger partial charge in [-0.3, -0.25) is 11.3 Å². The molecule has 0 spiro atoms. The van der Waals surface area contributed by atoms with Crippen LogP contribution >= 0.6 is 12.4 Å². The summed E-state index contributed by atoms with van der Waals surface area (Å²) in [6.07, 6.45) is 0. The molecule has 2 aromatic rings. The summed E-state index contributed by atoms with van der Waals surface area (Å²) < 4.78 is 0. The third-order valence-electron chi connectivity index (χ3n) is 2.39. The smallest absolute Gasteiger partial charge is 0.0354 e. The summed E-state index contributed by atoms with van der Waals surface area (Å²) in [4.78, 5) is 0. The molecule has 3 N–H and O–H groups in total. The molecule has 0 aliphatic rings. The van der Waals surface area contributed by atoms with Gasteiger partial charge in [-0.25, -0.2) is 0 Å². The number of hydrogen-bond donors (Lipinski definition) is 2. The van der Waals surface area contributed by atoms with Gasteiger partial charge >= 0.3 is 0 Å². The lowest BCUT2D eigenvalue weighted by Gasteiger charge is -2.08. The quantitative estimate of drug-likeness (QED) is 0.633. The minimum Gasteiger partial charge on any atom is -0.271 e. The number of benzene rings is 2. The molecule has 0 aromatic heterocycles. The van der Waals surface area contributed by atoms with Gasteiger partial charge in [0.2, 0.25) is 0 Å². The molecule has 0 saturated carbocycles. The van der Waals surface area contributed by atoms with Crippen molar-refractivity contribution in [3.05, 3.63) is 60.2 Å². The van der Waals surface area contributed by atoms with Crippen LogP contribution in [0.25, 0.3) is 11.1 Å². The van der Waals surface area contributed by atoms with Crippen LogP contribution in [-0.4, -0.2) is 0 Å². The van der Waals surface area contributed by atoms with Crippen molar-refractivity contribution in [1.29, 1.82) is 0 Å². The molecular weight excluding hydrogens is 220 g/mol. The lowest BCUT2D eigenvalue weighted by Crippen LogP contribution is -2.21. The fourth-order valence-corrected chi connectivity index (χ4v) is 1.68. The highest BCUT2D eigenvalue weighted by molar-refractivity contribution is 5.85. The van der Waals surface area contributed by atoms with E-state index in [0.29, 0.717) is 6.54 Å². The van der Waals surface area contributed by atoms with Gasteiger partial charge in [0, 0.05) is 6.54 Å². The minimum atomic E-state index is 0. The molecule has 0 heterocycles. The average molecular weight is 235 g/mol. The van der Waals surface area contributed by atoms with E-state index in [1.165, 1.54) is 16.7 Å². The summed E-state index contributed by atoms with van der Waals surface area (Å²) in [7, 11) is 0. The van der Waals surface area contributed by atoms with E-state index in [0.717, 1.165) is 0 Å². The van der Waals surface area contributed by atoms with Crippen LogP contribution in [0.2, 0.25) is 0 Å². The van der Waals surface area contributed by atoms with Gasteiger partial charge in [0.1, 0.15) is 0 Å². The van der Waals surface area contributed by atoms with Crippen LogP contribution in [0.4, 0.5) is 0 Å². The third kappa shape index (κ3) is 2.83. The molecule has 84 valence electrons. The number of nitrogens with two attached hydrogens (primary N) is 1. The molecule has 0 aliphatic carbocycles. The monoisotopic (exact) mass is 234 g/mol. The highest BCUT2D eigenvalue weighted by Crippen LogP contribution is 2.22. The SMILES string of the molecule is Cl.NNCc1ccccc1-c1ccccc1. The molecule has 0 fully saturated rings. The van der Waals surface area contributed by atoms with Crippen molar-refractivity contribution in [2.75, 3.05) is 0 Å². The molecule has 0 saturated heterocycles. The molecule has 0 amide bonds. The maximum absolute atomic E-state index is 5.36. The van der Waals surface area contributed by atoms with Gasteiger partial charge in [0.05, 0.1) is 0 Å². The molecule has 16 heavy (non-hydrogen) atoms. The Labute approximate surface area is 102 Å². The van der Waals surface area contributed by atoms with Gasteiger partial charge < -0.3 is 0 Å². The van der Waals surface area contributed by atoms with E-state index in [1.807, 2.05) is 30.3 Å². The van der Waals surface area contributed by atoms with Gasteiger partial charge in [0.15, 0.2) is 0 Å². The highest BCUT2D eigenvalue weighted by atomic mass is 35.5. The van der Waals surface area contributed by atoms with Crippen molar-refractivity contribution in [3.63, 3.8) is 0 Å². The summed E-state index contributed by atoms with van der Waals surface area (Å²) in [5, 5.41) is 0. The fourth-order valence-electron chi connectivity index (χ4n) is 1.68. The maximum Gasteiger partial charge on any atom is 0.0354 e. The van der Waals surface area contributed by atoms with Crippen molar-refractivity contribution in [2.24, 2.45) is 5.84 Å². The van der Waals surface area contributed by atoms with Crippen molar-refractivity contribution < 1.29 is 0 Å². The first-order chi connectivity index (χ1) is 7.42. The van der Waals surface area contributed by atoms with Crippen LogP contribution < -0.4 is 11.3 Å². The Morgan fingerprint density at radius 2 is 1.50 bits per heavy atom. The summed E-state index contributed by atoms with van der Waals surface area (Å²) in [6, 6.07) is 18.6. The van der Waals surface area contributed by atoms with E-state index in [1.54, 1.807) is 0 Å². The van der Waals surface area contributed by atoms with E-state index in [2.05, 4.69) is 29.7 Å². The summed E-state index contributed by atoms with van der Waals surface area (Å²) >= 11 is 0. The van der Waals surface area contributed by atoms with Crippen molar-refractivity contribution in [3.8, 4) is 11.1 Å². The molecule has 0 radical (unpaired) electrons. The summed E-state index contributed by atoms with van der Waals surface area (Å²) in [5.74, 6) is 5.36. The fraction of sp³-hybridized carbons (Fsp3) is 0.0769. The summed E-state index contributed by atoms with van der Waals surface area (Å²) in [6.45, 7) is 0.686.